The van der Waals surface area contributed by atoms with Gasteiger partial charge in [0.2, 0.25) is 0 Å². The number of carbonyl (C=O) groups is 1. The second-order valence-corrected chi connectivity index (χ2v) is 3.37. The van der Waals surface area contributed by atoms with Crippen LogP contribution in [0.4, 0.5) is 0 Å². The summed E-state index contributed by atoms with van der Waals surface area (Å²) in [6.07, 6.45) is 1.67. The topological polar surface area (TPSA) is 83.0 Å². The Morgan fingerprint density at radius 2 is 2.25 bits per heavy atom. The highest BCUT2D eigenvalue weighted by molar-refractivity contribution is 5.88. The van der Waals surface area contributed by atoms with E-state index in [1.807, 2.05) is 6.92 Å². The fourth-order valence-corrected chi connectivity index (χ4v) is 1.48. The molecule has 0 saturated heterocycles. The zero-order chi connectivity index (χ0) is 12.0. The van der Waals surface area contributed by atoms with Gasteiger partial charge in [-0.3, -0.25) is 0 Å². The average Bonchev–Trinajstić information content (AvgIpc) is 2.64. The molecule has 0 spiro atoms. The van der Waals surface area contributed by atoms with Crippen molar-refractivity contribution in [2.24, 2.45) is 5.73 Å². The van der Waals surface area contributed by atoms with Gasteiger partial charge in [-0.15, -0.1) is 5.10 Å². The van der Waals surface area contributed by atoms with Crippen LogP contribution in [-0.2, 0) is 17.7 Å². The van der Waals surface area contributed by atoms with Gasteiger partial charge in [-0.25, -0.2) is 9.48 Å². The smallest absolute Gasteiger partial charge is 0.360 e. The first kappa shape index (κ1) is 12.6. The molecule has 90 valence electrons. The molecule has 6 nitrogen and oxygen atoms in total. The molecule has 0 saturated carbocycles. The Morgan fingerprint density at radius 1 is 1.50 bits per heavy atom. The van der Waals surface area contributed by atoms with E-state index in [-0.39, 0.29) is 0 Å². The van der Waals surface area contributed by atoms with Crippen LogP contribution < -0.4 is 5.73 Å². The summed E-state index contributed by atoms with van der Waals surface area (Å²) in [5.74, 6) is -0.408. The van der Waals surface area contributed by atoms with Crippen molar-refractivity contribution in [3.63, 3.8) is 0 Å². The molecular weight excluding hydrogens is 208 g/mol. The van der Waals surface area contributed by atoms with Crippen LogP contribution in [0.1, 0.15) is 36.5 Å². The maximum absolute atomic E-state index is 11.6. The third-order valence-electron chi connectivity index (χ3n) is 2.13. The van der Waals surface area contributed by atoms with Crippen LogP contribution >= 0.6 is 0 Å². The van der Waals surface area contributed by atoms with Gasteiger partial charge in [0.25, 0.3) is 0 Å². The summed E-state index contributed by atoms with van der Waals surface area (Å²) in [5, 5.41) is 7.77. The van der Waals surface area contributed by atoms with E-state index in [1.165, 1.54) is 0 Å². The van der Waals surface area contributed by atoms with Crippen molar-refractivity contribution in [3.8, 4) is 0 Å². The number of nitrogens with two attached hydrogens (primary N) is 1. The molecular formula is C10H18N4O2. The normalized spacial score (nSPS) is 10.4. The van der Waals surface area contributed by atoms with Crippen LogP contribution in [0.25, 0.3) is 0 Å². The predicted octanol–water partition coefficient (Wildman–Crippen LogP) is 0.366. The van der Waals surface area contributed by atoms with Crippen LogP contribution in [-0.4, -0.2) is 34.1 Å². The van der Waals surface area contributed by atoms with Gasteiger partial charge in [0.05, 0.1) is 18.8 Å². The minimum absolute atomic E-state index is 0.317. The number of hydrogen-bond acceptors (Lipinski definition) is 5. The highest BCUT2D eigenvalue weighted by Crippen LogP contribution is 2.09. The molecule has 2 N–H and O–H groups in total. The second kappa shape index (κ2) is 6.22. The number of carbonyl (C=O) groups excluding carboxylic acids is 1. The zero-order valence-corrected chi connectivity index (χ0v) is 9.77. The average molecular weight is 226 g/mol. The number of esters is 1. The van der Waals surface area contributed by atoms with Crippen LogP contribution in [0.3, 0.4) is 0 Å². The van der Waals surface area contributed by atoms with Gasteiger partial charge in [-0.2, -0.15) is 0 Å². The molecule has 1 aromatic rings. The first-order chi connectivity index (χ1) is 7.74. The van der Waals surface area contributed by atoms with Crippen LogP contribution in [0.2, 0.25) is 0 Å². The zero-order valence-electron chi connectivity index (χ0n) is 9.77. The monoisotopic (exact) mass is 226 g/mol. The Bertz CT molecular complexity index is 349. The minimum Gasteiger partial charge on any atom is -0.461 e. The van der Waals surface area contributed by atoms with E-state index in [0.717, 1.165) is 18.5 Å². The summed E-state index contributed by atoms with van der Waals surface area (Å²) in [4.78, 5) is 11.6. The highest BCUT2D eigenvalue weighted by Gasteiger charge is 2.19. The Morgan fingerprint density at radius 3 is 2.81 bits per heavy atom. The van der Waals surface area contributed by atoms with Gasteiger partial charge in [-0.05, 0) is 13.3 Å². The molecule has 0 aromatic carbocycles. The van der Waals surface area contributed by atoms with E-state index in [9.17, 15) is 4.79 Å². The first-order valence-corrected chi connectivity index (χ1v) is 5.54. The van der Waals surface area contributed by atoms with Crippen molar-refractivity contribution in [1.82, 2.24) is 15.0 Å². The lowest BCUT2D eigenvalue weighted by molar-refractivity contribution is 0.0518. The molecule has 0 aliphatic heterocycles. The highest BCUT2D eigenvalue weighted by atomic mass is 16.5. The lowest BCUT2D eigenvalue weighted by Crippen LogP contribution is -2.15. The number of ether oxygens (including phenoxy) is 1. The summed E-state index contributed by atoms with van der Waals surface area (Å²) in [6, 6.07) is 0. The van der Waals surface area contributed by atoms with Crippen molar-refractivity contribution in [2.75, 3.05) is 13.2 Å². The molecule has 0 bridgehead atoms. The van der Waals surface area contributed by atoms with Crippen molar-refractivity contribution in [1.29, 1.82) is 0 Å². The standard InChI is InChI=1S/C10H18N4O2/c1-3-5-8-9(10(15)16-4-2)12-13-14(8)7-6-11/h3-7,11H2,1-2H3. The van der Waals surface area contributed by atoms with Gasteiger partial charge < -0.3 is 10.5 Å². The second-order valence-electron chi connectivity index (χ2n) is 3.37. The number of aromatic nitrogens is 3. The molecule has 1 rings (SSSR count). The third-order valence-corrected chi connectivity index (χ3v) is 2.13. The molecule has 16 heavy (non-hydrogen) atoms. The lowest BCUT2D eigenvalue weighted by atomic mass is 10.2. The van der Waals surface area contributed by atoms with E-state index >= 15 is 0 Å². The van der Waals surface area contributed by atoms with E-state index < -0.39 is 5.97 Å². The van der Waals surface area contributed by atoms with E-state index in [1.54, 1.807) is 11.6 Å². The first-order valence-electron chi connectivity index (χ1n) is 5.54. The molecule has 0 amide bonds. The SMILES string of the molecule is CCCc1c(C(=O)OCC)nnn1CCN. The Hall–Kier alpha value is -1.43. The van der Waals surface area contributed by atoms with Gasteiger partial charge in [-0.1, -0.05) is 18.6 Å². The molecule has 1 heterocycles. The Kier molecular flexibility index (Phi) is 4.91. The molecule has 0 aliphatic rings. The quantitative estimate of drug-likeness (QED) is 0.708. The molecule has 0 atom stereocenters. The summed E-state index contributed by atoms with van der Waals surface area (Å²) in [7, 11) is 0. The molecule has 1 aromatic heterocycles. The van der Waals surface area contributed by atoms with Crippen molar-refractivity contribution >= 4 is 5.97 Å². The van der Waals surface area contributed by atoms with E-state index in [0.29, 0.717) is 25.4 Å². The molecule has 0 unspecified atom stereocenters. The molecule has 0 aliphatic carbocycles. The maximum Gasteiger partial charge on any atom is 0.360 e. The largest absolute Gasteiger partial charge is 0.461 e. The van der Waals surface area contributed by atoms with Crippen molar-refractivity contribution in [2.45, 2.75) is 33.2 Å². The minimum atomic E-state index is -0.408. The van der Waals surface area contributed by atoms with E-state index in [4.69, 9.17) is 10.5 Å². The summed E-state index contributed by atoms with van der Waals surface area (Å²) < 4.78 is 6.60. The molecule has 6 heteroatoms. The van der Waals surface area contributed by atoms with Crippen LogP contribution in [0.15, 0.2) is 0 Å². The van der Waals surface area contributed by atoms with Crippen LogP contribution in [0.5, 0.6) is 0 Å². The Balaban J connectivity index is 2.94. The lowest BCUT2D eigenvalue weighted by Gasteiger charge is -2.05. The van der Waals surface area contributed by atoms with Gasteiger partial charge >= 0.3 is 5.97 Å². The summed E-state index contributed by atoms with van der Waals surface area (Å²) in [6.45, 7) is 5.19. The van der Waals surface area contributed by atoms with Crippen molar-refractivity contribution < 1.29 is 9.53 Å². The van der Waals surface area contributed by atoms with Gasteiger partial charge in [0, 0.05) is 6.54 Å². The summed E-state index contributed by atoms with van der Waals surface area (Å²) >= 11 is 0. The van der Waals surface area contributed by atoms with Gasteiger partial charge in [0.15, 0.2) is 5.69 Å². The third kappa shape index (κ3) is 2.79. The van der Waals surface area contributed by atoms with Crippen LogP contribution in [0, 0.1) is 0 Å². The number of hydrogen-bond donors (Lipinski definition) is 1. The number of nitrogens with zero attached hydrogens (tertiary/aromatic N) is 3. The number of rotatable bonds is 6. The Labute approximate surface area is 94.8 Å². The van der Waals surface area contributed by atoms with Gasteiger partial charge in [0.1, 0.15) is 0 Å². The summed E-state index contributed by atoms with van der Waals surface area (Å²) in [5.41, 5.74) is 6.59. The fraction of sp³-hybridized carbons (Fsp3) is 0.700. The fourth-order valence-electron chi connectivity index (χ4n) is 1.48. The van der Waals surface area contributed by atoms with E-state index in [2.05, 4.69) is 10.3 Å². The molecule has 0 radical (unpaired) electrons. The van der Waals surface area contributed by atoms with Crippen molar-refractivity contribution in [3.05, 3.63) is 11.4 Å². The maximum atomic E-state index is 11.6. The predicted molar refractivity (Wildman–Crippen MR) is 59.0 cm³/mol. The molecule has 0 fully saturated rings.